The average molecular weight is 243 g/mol. The topological polar surface area (TPSA) is 41.5 Å². The lowest BCUT2D eigenvalue weighted by atomic mass is 9.93. The Morgan fingerprint density at radius 2 is 1.94 bits per heavy atom. The first kappa shape index (κ1) is 14.9. The quantitative estimate of drug-likeness (QED) is 0.753. The molecule has 0 bridgehead atoms. The maximum Gasteiger partial charge on any atom is 0.0632 e. The molecule has 0 aromatic heterocycles. The summed E-state index contributed by atoms with van der Waals surface area (Å²) in [6.07, 6.45) is 5.36. The van der Waals surface area contributed by atoms with E-state index in [0.29, 0.717) is 6.10 Å². The third kappa shape index (κ3) is 7.02. The average Bonchev–Trinajstić information content (AvgIpc) is 2.64. The highest BCUT2D eigenvalue weighted by Gasteiger charge is 2.24. The Balaban J connectivity index is 2.16. The van der Waals surface area contributed by atoms with Crippen LogP contribution < -0.4 is 5.32 Å². The molecule has 1 aliphatic rings. The molecule has 0 radical (unpaired) electrons. The van der Waals surface area contributed by atoms with Crippen molar-refractivity contribution in [3.8, 4) is 0 Å². The lowest BCUT2D eigenvalue weighted by Crippen LogP contribution is -2.40. The molecule has 0 saturated carbocycles. The molecule has 3 heteroatoms. The van der Waals surface area contributed by atoms with Gasteiger partial charge in [-0.25, -0.2) is 0 Å². The summed E-state index contributed by atoms with van der Waals surface area (Å²) in [6, 6.07) is 0. The van der Waals surface area contributed by atoms with Crippen LogP contribution in [0.15, 0.2) is 0 Å². The third-order valence-electron chi connectivity index (χ3n) is 3.35. The Labute approximate surface area is 106 Å². The second-order valence-corrected chi connectivity index (χ2v) is 6.60. The molecular weight excluding hydrogens is 214 g/mol. The van der Waals surface area contributed by atoms with E-state index >= 15 is 0 Å². The smallest absolute Gasteiger partial charge is 0.0632 e. The van der Waals surface area contributed by atoms with Gasteiger partial charge in [-0.2, -0.15) is 0 Å². The summed E-state index contributed by atoms with van der Waals surface area (Å²) in [5, 5.41) is 13.7. The van der Waals surface area contributed by atoms with Crippen LogP contribution in [0.4, 0.5) is 0 Å². The van der Waals surface area contributed by atoms with Gasteiger partial charge in [-0.15, -0.1) is 0 Å². The lowest BCUT2D eigenvalue weighted by Gasteiger charge is -2.27. The zero-order valence-corrected chi connectivity index (χ0v) is 11.9. The molecular formula is C14H29NO2. The molecule has 3 nitrogen and oxygen atoms in total. The van der Waals surface area contributed by atoms with E-state index < -0.39 is 5.60 Å². The van der Waals surface area contributed by atoms with Crippen molar-refractivity contribution < 1.29 is 9.84 Å². The van der Waals surface area contributed by atoms with Crippen molar-refractivity contribution in [1.82, 2.24) is 5.32 Å². The Morgan fingerprint density at radius 3 is 2.47 bits per heavy atom. The van der Waals surface area contributed by atoms with Crippen molar-refractivity contribution in [2.45, 2.75) is 77.0 Å². The Hall–Kier alpha value is -0.120. The lowest BCUT2D eigenvalue weighted by molar-refractivity contribution is 0.0180. The van der Waals surface area contributed by atoms with Gasteiger partial charge < -0.3 is 15.2 Å². The van der Waals surface area contributed by atoms with E-state index in [9.17, 15) is 5.11 Å². The first-order valence-corrected chi connectivity index (χ1v) is 6.88. The van der Waals surface area contributed by atoms with Crippen LogP contribution in [0.2, 0.25) is 0 Å². The van der Waals surface area contributed by atoms with Crippen molar-refractivity contribution in [2.75, 3.05) is 13.2 Å². The van der Waals surface area contributed by atoms with Crippen molar-refractivity contribution >= 4 is 0 Å². The minimum Gasteiger partial charge on any atom is -0.390 e. The molecule has 1 heterocycles. The predicted molar refractivity (Wildman–Crippen MR) is 71.2 cm³/mol. The molecule has 0 amide bonds. The van der Waals surface area contributed by atoms with E-state index in [2.05, 4.69) is 26.1 Å². The summed E-state index contributed by atoms with van der Waals surface area (Å²) in [5.74, 6) is 0. The number of ether oxygens (including phenoxy) is 1. The van der Waals surface area contributed by atoms with Gasteiger partial charge in [0.05, 0.1) is 11.7 Å². The van der Waals surface area contributed by atoms with E-state index in [0.717, 1.165) is 38.8 Å². The highest BCUT2D eigenvalue weighted by atomic mass is 16.5. The largest absolute Gasteiger partial charge is 0.390 e. The number of nitrogens with one attached hydrogen (secondary N) is 1. The van der Waals surface area contributed by atoms with Crippen LogP contribution in [0.5, 0.6) is 0 Å². The van der Waals surface area contributed by atoms with Crippen LogP contribution >= 0.6 is 0 Å². The zero-order valence-electron chi connectivity index (χ0n) is 11.9. The van der Waals surface area contributed by atoms with Crippen LogP contribution in [0.1, 0.15) is 59.8 Å². The second kappa shape index (κ2) is 6.17. The molecule has 1 saturated heterocycles. The van der Waals surface area contributed by atoms with Gasteiger partial charge in [0.15, 0.2) is 0 Å². The van der Waals surface area contributed by atoms with Gasteiger partial charge in [-0.1, -0.05) is 0 Å². The first-order valence-electron chi connectivity index (χ1n) is 6.88. The van der Waals surface area contributed by atoms with Gasteiger partial charge in [0.1, 0.15) is 0 Å². The summed E-state index contributed by atoms with van der Waals surface area (Å²) < 4.78 is 5.58. The van der Waals surface area contributed by atoms with Gasteiger partial charge in [-0.3, -0.25) is 0 Å². The second-order valence-electron chi connectivity index (χ2n) is 6.60. The van der Waals surface area contributed by atoms with E-state index in [1.165, 1.54) is 6.42 Å². The molecule has 0 spiro atoms. The molecule has 17 heavy (non-hydrogen) atoms. The monoisotopic (exact) mass is 243 g/mol. The minimum atomic E-state index is -0.565. The van der Waals surface area contributed by atoms with Gasteiger partial charge in [0, 0.05) is 12.1 Å². The number of aliphatic hydroxyl groups is 1. The van der Waals surface area contributed by atoms with Gasteiger partial charge in [-0.05, 0) is 66.3 Å². The highest BCUT2D eigenvalue weighted by Crippen LogP contribution is 2.23. The SMILES string of the molecule is CC(O)(CCNC(C)(C)C)CCC1CCCO1. The first-order chi connectivity index (χ1) is 7.79. The fraction of sp³-hybridized carbons (Fsp3) is 1.00. The van der Waals surface area contributed by atoms with Gasteiger partial charge in [0.25, 0.3) is 0 Å². The third-order valence-corrected chi connectivity index (χ3v) is 3.35. The molecule has 0 aliphatic carbocycles. The van der Waals surface area contributed by atoms with Crippen molar-refractivity contribution in [2.24, 2.45) is 0 Å². The Morgan fingerprint density at radius 1 is 1.24 bits per heavy atom. The predicted octanol–water partition coefficient (Wildman–Crippen LogP) is 2.47. The van der Waals surface area contributed by atoms with E-state index in [1.54, 1.807) is 0 Å². The van der Waals surface area contributed by atoms with Crippen LogP contribution in [-0.4, -0.2) is 35.5 Å². The number of hydrogen-bond donors (Lipinski definition) is 2. The van der Waals surface area contributed by atoms with Crippen LogP contribution in [0.3, 0.4) is 0 Å². The maximum atomic E-state index is 10.3. The normalized spacial score (nSPS) is 24.9. The molecule has 2 unspecified atom stereocenters. The summed E-state index contributed by atoms with van der Waals surface area (Å²) >= 11 is 0. The van der Waals surface area contributed by atoms with Gasteiger partial charge in [0.2, 0.25) is 0 Å². The molecule has 2 N–H and O–H groups in total. The van der Waals surface area contributed by atoms with Crippen molar-refractivity contribution in [3.63, 3.8) is 0 Å². The minimum absolute atomic E-state index is 0.130. The fourth-order valence-corrected chi connectivity index (χ4v) is 2.18. The molecule has 1 aliphatic heterocycles. The summed E-state index contributed by atoms with van der Waals surface area (Å²) in [4.78, 5) is 0. The standard InChI is InChI=1S/C14H29NO2/c1-13(2,3)15-10-9-14(4,16)8-7-12-6-5-11-17-12/h12,15-16H,5-11H2,1-4H3. The highest BCUT2D eigenvalue weighted by molar-refractivity contribution is 4.79. The summed E-state index contributed by atoms with van der Waals surface area (Å²) in [7, 11) is 0. The Kier molecular flexibility index (Phi) is 5.42. The summed E-state index contributed by atoms with van der Waals surface area (Å²) in [5.41, 5.74) is -0.436. The number of rotatable bonds is 6. The van der Waals surface area contributed by atoms with E-state index in [-0.39, 0.29) is 5.54 Å². The van der Waals surface area contributed by atoms with Crippen molar-refractivity contribution in [1.29, 1.82) is 0 Å². The molecule has 2 atom stereocenters. The van der Waals surface area contributed by atoms with Crippen LogP contribution in [-0.2, 0) is 4.74 Å². The van der Waals surface area contributed by atoms with E-state index in [4.69, 9.17) is 4.74 Å². The maximum absolute atomic E-state index is 10.3. The number of hydrogen-bond acceptors (Lipinski definition) is 3. The molecule has 0 aromatic carbocycles. The van der Waals surface area contributed by atoms with Crippen molar-refractivity contribution in [3.05, 3.63) is 0 Å². The van der Waals surface area contributed by atoms with Gasteiger partial charge >= 0.3 is 0 Å². The van der Waals surface area contributed by atoms with Crippen LogP contribution in [0, 0.1) is 0 Å². The molecule has 1 fully saturated rings. The van der Waals surface area contributed by atoms with E-state index in [1.807, 2.05) is 6.92 Å². The fourth-order valence-electron chi connectivity index (χ4n) is 2.18. The molecule has 0 aromatic rings. The Bertz CT molecular complexity index is 215. The zero-order chi connectivity index (χ0) is 12.9. The molecule has 1 rings (SSSR count). The van der Waals surface area contributed by atoms with Crippen LogP contribution in [0.25, 0.3) is 0 Å². The molecule has 102 valence electrons. The summed E-state index contributed by atoms with van der Waals surface area (Å²) in [6.45, 7) is 10.1.